The van der Waals surface area contributed by atoms with E-state index in [0.717, 1.165) is 10.9 Å². The summed E-state index contributed by atoms with van der Waals surface area (Å²) in [6.07, 6.45) is 3.30. The number of nitrogens with zero attached hydrogens (tertiary/aromatic N) is 3. The molecule has 0 aliphatic rings. The molecule has 0 aliphatic carbocycles. The highest BCUT2D eigenvalue weighted by Gasteiger charge is 2.12. The van der Waals surface area contributed by atoms with Gasteiger partial charge in [-0.15, -0.1) is 0 Å². The Hall–Kier alpha value is -3.59. The van der Waals surface area contributed by atoms with Crippen LogP contribution in [0.1, 0.15) is 20.8 Å². The molecule has 9 nitrogen and oxygen atoms in total. The number of amides is 3. The molecule has 0 atom stereocenters. The van der Waals surface area contributed by atoms with Gasteiger partial charge in [-0.05, 0) is 51.1 Å². The van der Waals surface area contributed by atoms with Gasteiger partial charge in [-0.2, -0.15) is 0 Å². The standard InChI is InChI=1S/C23H29N5O4/c1-4-27(5-2)23(30)26-21-16-19(9-11-24-21)32-18-7-8-20-17(15-18)10-13-28(20)22(29)25-12-14-31-6-3/h7-11,13,15-16H,4-6,12,14H2,1-3H3,(H,25,29)(H,24,26,30). The number of pyridine rings is 1. The van der Waals surface area contributed by atoms with Gasteiger partial charge in [-0.25, -0.2) is 14.6 Å². The molecule has 1 aromatic carbocycles. The van der Waals surface area contributed by atoms with Crippen LogP contribution in [0.4, 0.5) is 15.4 Å². The van der Waals surface area contributed by atoms with Gasteiger partial charge in [0.2, 0.25) is 0 Å². The predicted octanol–water partition coefficient (Wildman–Crippen LogP) is 4.30. The Labute approximate surface area is 187 Å². The topological polar surface area (TPSA) is 97.7 Å². The van der Waals surface area contributed by atoms with E-state index < -0.39 is 0 Å². The van der Waals surface area contributed by atoms with Crippen molar-refractivity contribution in [3.05, 3.63) is 48.8 Å². The third-order valence-electron chi connectivity index (χ3n) is 4.86. The first-order valence-corrected chi connectivity index (χ1v) is 10.7. The Kier molecular flexibility index (Phi) is 8.04. The Balaban J connectivity index is 1.68. The van der Waals surface area contributed by atoms with Gasteiger partial charge in [0.15, 0.2) is 0 Å². The lowest BCUT2D eigenvalue weighted by atomic mass is 10.2. The lowest BCUT2D eigenvalue weighted by Crippen LogP contribution is -2.34. The fourth-order valence-electron chi connectivity index (χ4n) is 3.20. The van der Waals surface area contributed by atoms with Crippen molar-refractivity contribution < 1.29 is 19.1 Å². The van der Waals surface area contributed by atoms with E-state index in [4.69, 9.17) is 9.47 Å². The second-order valence-electron chi connectivity index (χ2n) is 6.92. The first-order chi connectivity index (χ1) is 15.5. The molecular formula is C23H29N5O4. The molecule has 0 radical (unpaired) electrons. The number of hydrogen-bond donors (Lipinski definition) is 2. The number of hydrogen-bond acceptors (Lipinski definition) is 5. The average molecular weight is 440 g/mol. The zero-order valence-electron chi connectivity index (χ0n) is 18.6. The Morgan fingerprint density at radius 1 is 1.06 bits per heavy atom. The van der Waals surface area contributed by atoms with Crippen molar-refractivity contribution in [3.8, 4) is 11.5 Å². The maximum Gasteiger partial charge on any atom is 0.326 e. The van der Waals surface area contributed by atoms with Gasteiger partial charge >= 0.3 is 12.1 Å². The summed E-state index contributed by atoms with van der Waals surface area (Å²) in [7, 11) is 0. The highest BCUT2D eigenvalue weighted by Crippen LogP contribution is 2.27. The largest absolute Gasteiger partial charge is 0.457 e. The molecule has 2 N–H and O–H groups in total. The molecule has 2 heterocycles. The number of nitrogens with one attached hydrogen (secondary N) is 2. The minimum absolute atomic E-state index is 0.207. The SMILES string of the molecule is CCOCCNC(=O)n1ccc2cc(Oc3ccnc(NC(=O)N(CC)CC)c3)ccc21. The lowest BCUT2D eigenvalue weighted by molar-refractivity contribution is 0.149. The van der Waals surface area contributed by atoms with E-state index >= 15 is 0 Å². The number of ether oxygens (including phenoxy) is 2. The molecule has 0 unspecified atom stereocenters. The number of carbonyl (C=O) groups is 2. The third kappa shape index (κ3) is 5.76. The van der Waals surface area contributed by atoms with Crippen LogP contribution in [0.25, 0.3) is 10.9 Å². The number of carbonyl (C=O) groups excluding carboxylic acids is 2. The Morgan fingerprint density at radius 2 is 1.84 bits per heavy atom. The second-order valence-corrected chi connectivity index (χ2v) is 6.92. The van der Waals surface area contributed by atoms with Crippen LogP contribution in [0, 0.1) is 0 Å². The van der Waals surface area contributed by atoms with Gasteiger partial charge in [-0.1, -0.05) is 0 Å². The first-order valence-electron chi connectivity index (χ1n) is 10.7. The summed E-state index contributed by atoms with van der Waals surface area (Å²) in [5.41, 5.74) is 0.771. The summed E-state index contributed by atoms with van der Waals surface area (Å²) in [5.74, 6) is 1.57. The molecule has 3 rings (SSSR count). The van der Waals surface area contributed by atoms with Gasteiger partial charge in [0.25, 0.3) is 0 Å². The van der Waals surface area contributed by atoms with E-state index in [-0.39, 0.29) is 12.1 Å². The quantitative estimate of drug-likeness (QED) is 0.485. The van der Waals surface area contributed by atoms with Crippen molar-refractivity contribution in [2.45, 2.75) is 20.8 Å². The monoisotopic (exact) mass is 439 g/mol. The Morgan fingerprint density at radius 3 is 2.59 bits per heavy atom. The first kappa shape index (κ1) is 23.1. The van der Waals surface area contributed by atoms with Crippen molar-refractivity contribution in [1.82, 2.24) is 19.8 Å². The van der Waals surface area contributed by atoms with Crippen LogP contribution in [0.2, 0.25) is 0 Å². The van der Waals surface area contributed by atoms with Crippen molar-refractivity contribution in [1.29, 1.82) is 0 Å². The second kappa shape index (κ2) is 11.1. The Bertz CT molecular complexity index is 1060. The number of rotatable bonds is 9. The van der Waals surface area contributed by atoms with Gasteiger partial charge in [0, 0.05) is 50.1 Å². The van der Waals surface area contributed by atoms with Crippen LogP contribution in [0.3, 0.4) is 0 Å². The van der Waals surface area contributed by atoms with E-state index in [1.165, 1.54) is 0 Å². The molecule has 3 amide bonds. The zero-order valence-corrected chi connectivity index (χ0v) is 18.6. The number of urea groups is 1. The maximum atomic E-state index is 12.4. The van der Waals surface area contributed by atoms with Crippen molar-refractivity contribution in [2.75, 3.05) is 38.2 Å². The molecule has 0 aliphatic heterocycles. The summed E-state index contributed by atoms with van der Waals surface area (Å²) >= 11 is 0. The van der Waals surface area contributed by atoms with E-state index in [2.05, 4.69) is 15.6 Å². The zero-order chi connectivity index (χ0) is 22.9. The fourth-order valence-corrected chi connectivity index (χ4v) is 3.20. The van der Waals surface area contributed by atoms with Crippen LogP contribution in [0.15, 0.2) is 48.8 Å². The normalized spacial score (nSPS) is 10.7. The molecule has 9 heteroatoms. The summed E-state index contributed by atoms with van der Waals surface area (Å²) in [5, 5.41) is 6.47. The minimum Gasteiger partial charge on any atom is -0.457 e. The number of benzene rings is 1. The smallest absolute Gasteiger partial charge is 0.326 e. The van der Waals surface area contributed by atoms with Crippen molar-refractivity contribution >= 4 is 28.8 Å². The summed E-state index contributed by atoms with van der Waals surface area (Å²) in [4.78, 5) is 30.5. The highest BCUT2D eigenvalue weighted by atomic mass is 16.5. The van der Waals surface area contributed by atoms with E-state index in [1.54, 1.807) is 40.1 Å². The number of anilines is 1. The summed E-state index contributed by atoms with van der Waals surface area (Å²) in [6, 6.07) is 10.3. The van der Waals surface area contributed by atoms with Gasteiger partial charge < -0.3 is 19.7 Å². The summed E-state index contributed by atoms with van der Waals surface area (Å²) < 4.78 is 12.7. The molecule has 3 aromatic rings. The molecule has 0 saturated heterocycles. The molecule has 0 bridgehead atoms. The molecule has 0 fully saturated rings. The van der Waals surface area contributed by atoms with Gasteiger partial charge in [-0.3, -0.25) is 9.88 Å². The van der Waals surface area contributed by atoms with Crippen LogP contribution in [-0.4, -0.2) is 59.4 Å². The minimum atomic E-state index is -0.212. The van der Waals surface area contributed by atoms with Crippen LogP contribution < -0.4 is 15.4 Å². The molecule has 2 aromatic heterocycles. The fraction of sp³-hybridized carbons (Fsp3) is 0.348. The van der Waals surface area contributed by atoms with Crippen LogP contribution in [-0.2, 0) is 4.74 Å². The van der Waals surface area contributed by atoms with E-state index in [1.807, 2.05) is 39.0 Å². The third-order valence-corrected chi connectivity index (χ3v) is 4.86. The van der Waals surface area contributed by atoms with Crippen LogP contribution >= 0.6 is 0 Å². The van der Waals surface area contributed by atoms with Crippen molar-refractivity contribution in [3.63, 3.8) is 0 Å². The highest BCUT2D eigenvalue weighted by molar-refractivity contribution is 5.92. The summed E-state index contributed by atoms with van der Waals surface area (Å²) in [6.45, 7) is 8.52. The maximum absolute atomic E-state index is 12.4. The molecule has 0 saturated carbocycles. The molecule has 0 spiro atoms. The molecule has 170 valence electrons. The lowest BCUT2D eigenvalue weighted by Gasteiger charge is -2.18. The molecular weight excluding hydrogens is 410 g/mol. The molecule has 32 heavy (non-hydrogen) atoms. The van der Waals surface area contributed by atoms with E-state index in [9.17, 15) is 9.59 Å². The van der Waals surface area contributed by atoms with Gasteiger partial charge in [0.05, 0.1) is 12.1 Å². The van der Waals surface area contributed by atoms with Gasteiger partial charge in [0.1, 0.15) is 17.3 Å². The van der Waals surface area contributed by atoms with Crippen molar-refractivity contribution in [2.24, 2.45) is 0 Å². The average Bonchev–Trinajstić information content (AvgIpc) is 3.21. The van der Waals surface area contributed by atoms with Crippen LogP contribution in [0.5, 0.6) is 11.5 Å². The predicted molar refractivity (Wildman–Crippen MR) is 123 cm³/mol. The number of fused-ring (bicyclic) bond motifs is 1. The number of aromatic nitrogens is 2. The van der Waals surface area contributed by atoms with E-state index in [0.29, 0.717) is 50.2 Å².